The SMILES string of the molecule is CO/N=C(/C(=O)N[C@@H]1C(=O)N2C(C(=O)[O-])=C(CO)CS[C@H]12)c1csc(N)n1.[Na+]. The van der Waals surface area contributed by atoms with Crippen LogP contribution in [0.3, 0.4) is 0 Å². The van der Waals surface area contributed by atoms with Gasteiger partial charge >= 0.3 is 29.6 Å². The zero-order chi connectivity index (χ0) is 19.7. The number of aromatic nitrogens is 1. The van der Waals surface area contributed by atoms with Crippen LogP contribution in [-0.4, -0.2) is 69.4 Å². The predicted octanol–water partition coefficient (Wildman–Crippen LogP) is -5.52. The first-order chi connectivity index (χ1) is 12.9. The predicted molar refractivity (Wildman–Crippen MR) is 94.2 cm³/mol. The smallest absolute Gasteiger partial charge is 0.543 e. The van der Waals surface area contributed by atoms with E-state index < -0.39 is 35.8 Å². The van der Waals surface area contributed by atoms with Gasteiger partial charge in [-0.1, -0.05) is 5.16 Å². The molecule has 1 aromatic rings. The first kappa shape index (κ1) is 22.6. The van der Waals surface area contributed by atoms with E-state index in [1.165, 1.54) is 24.3 Å². The number of hydrogen-bond acceptors (Lipinski definition) is 11. The number of amides is 2. The number of nitrogen functional groups attached to an aromatic ring is 1. The Bertz CT molecular complexity index is 872. The molecule has 2 atom stereocenters. The van der Waals surface area contributed by atoms with Crippen molar-refractivity contribution in [2.45, 2.75) is 11.4 Å². The number of carbonyl (C=O) groups is 3. The largest absolute Gasteiger partial charge is 1.00 e. The molecule has 0 aromatic carbocycles. The van der Waals surface area contributed by atoms with Crippen LogP contribution in [0.2, 0.25) is 0 Å². The van der Waals surface area contributed by atoms with Gasteiger partial charge in [0.15, 0.2) is 10.8 Å². The Labute approximate surface area is 189 Å². The van der Waals surface area contributed by atoms with Gasteiger partial charge in [-0.25, -0.2) is 4.98 Å². The molecule has 0 aliphatic carbocycles. The number of carbonyl (C=O) groups excluding carboxylic acids is 3. The quantitative estimate of drug-likeness (QED) is 0.171. The van der Waals surface area contributed by atoms with Crippen LogP contribution in [-0.2, 0) is 19.2 Å². The number of nitrogens with one attached hydrogen (secondary N) is 1. The fourth-order valence-corrected chi connectivity index (χ4v) is 4.58. The molecule has 0 spiro atoms. The van der Waals surface area contributed by atoms with Crippen LogP contribution in [0.1, 0.15) is 5.69 Å². The molecule has 0 bridgehead atoms. The molecule has 14 heteroatoms. The second kappa shape index (κ2) is 9.24. The fourth-order valence-electron chi connectivity index (χ4n) is 2.70. The number of anilines is 1. The van der Waals surface area contributed by atoms with Gasteiger partial charge in [0.25, 0.3) is 11.8 Å². The molecule has 0 radical (unpaired) electrons. The summed E-state index contributed by atoms with van der Waals surface area (Å²) in [7, 11) is 1.25. The maximum absolute atomic E-state index is 12.5. The molecule has 144 valence electrons. The molecule has 2 aliphatic heterocycles. The Kier molecular flexibility index (Phi) is 7.47. The number of nitrogens with two attached hydrogens (primary N) is 1. The van der Waals surface area contributed by atoms with Crippen molar-refractivity contribution < 1.29 is 59.0 Å². The Morgan fingerprint density at radius 1 is 1.57 bits per heavy atom. The van der Waals surface area contributed by atoms with Crippen molar-refractivity contribution in [2.75, 3.05) is 25.2 Å². The van der Waals surface area contributed by atoms with Crippen LogP contribution in [0.4, 0.5) is 5.13 Å². The molecule has 28 heavy (non-hydrogen) atoms. The average Bonchev–Trinajstić information content (AvgIpc) is 3.08. The van der Waals surface area contributed by atoms with Crippen LogP contribution in [0.25, 0.3) is 0 Å². The molecule has 4 N–H and O–H groups in total. The van der Waals surface area contributed by atoms with Crippen LogP contribution in [0.15, 0.2) is 21.8 Å². The number of rotatable bonds is 6. The molecule has 0 saturated carbocycles. The molecule has 1 aromatic heterocycles. The van der Waals surface area contributed by atoms with Crippen molar-refractivity contribution in [3.8, 4) is 0 Å². The molecule has 0 unspecified atom stereocenters. The fraction of sp³-hybridized carbons (Fsp3) is 0.357. The van der Waals surface area contributed by atoms with Gasteiger partial charge in [0, 0.05) is 11.1 Å². The first-order valence-electron chi connectivity index (χ1n) is 7.51. The minimum atomic E-state index is -1.55. The topological polar surface area (TPSA) is 170 Å². The van der Waals surface area contributed by atoms with Crippen molar-refractivity contribution in [2.24, 2.45) is 5.16 Å². The molecular weight excluding hydrogens is 421 g/mol. The van der Waals surface area contributed by atoms with E-state index in [9.17, 15) is 24.6 Å². The monoisotopic (exact) mass is 435 g/mol. The Morgan fingerprint density at radius 2 is 2.29 bits per heavy atom. The number of thioether (sulfide) groups is 1. The minimum Gasteiger partial charge on any atom is -0.543 e. The zero-order valence-electron chi connectivity index (χ0n) is 14.9. The molecule has 2 amide bonds. The summed E-state index contributed by atoms with van der Waals surface area (Å²) in [5.74, 6) is -2.70. The van der Waals surface area contributed by atoms with Gasteiger partial charge in [-0.15, -0.1) is 23.1 Å². The maximum Gasteiger partial charge on any atom is 1.00 e. The van der Waals surface area contributed by atoms with Crippen molar-refractivity contribution in [3.63, 3.8) is 0 Å². The van der Waals surface area contributed by atoms with Crippen molar-refractivity contribution >= 4 is 51.7 Å². The number of aliphatic hydroxyl groups is 1. The minimum absolute atomic E-state index is 0. The number of aliphatic carboxylic acids is 1. The zero-order valence-corrected chi connectivity index (χ0v) is 18.5. The first-order valence-corrected chi connectivity index (χ1v) is 9.44. The molecule has 3 heterocycles. The summed E-state index contributed by atoms with van der Waals surface area (Å²) < 4.78 is 0. The van der Waals surface area contributed by atoms with Crippen LogP contribution < -0.4 is 45.7 Å². The summed E-state index contributed by atoms with van der Waals surface area (Å²) in [6.07, 6.45) is 0. The van der Waals surface area contributed by atoms with Crippen LogP contribution in [0.5, 0.6) is 0 Å². The van der Waals surface area contributed by atoms with Crippen molar-refractivity contribution in [3.05, 3.63) is 22.3 Å². The average molecular weight is 435 g/mol. The molecule has 3 rings (SSSR count). The van der Waals surface area contributed by atoms with Crippen LogP contribution >= 0.6 is 23.1 Å². The summed E-state index contributed by atoms with van der Waals surface area (Å²) in [6, 6.07) is -0.963. The van der Waals surface area contributed by atoms with E-state index in [4.69, 9.17) is 5.73 Å². The van der Waals surface area contributed by atoms with E-state index in [-0.39, 0.29) is 63.1 Å². The van der Waals surface area contributed by atoms with E-state index in [0.29, 0.717) is 0 Å². The van der Waals surface area contributed by atoms with Gasteiger partial charge < -0.3 is 30.9 Å². The number of carboxylic acids is 1. The van der Waals surface area contributed by atoms with Gasteiger partial charge in [0.2, 0.25) is 0 Å². The normalized spacial score (nSPS) is 21.4. The van der Waals surface area contributed by atoms with E-state index in [2.05, 4.69) is 20.3 Å². The standard InChI is InChI=1S/C14H15N5O6S2.Na/c1-25-18-7(6-4-27-14(15)16-6)10(21)17-8-11(22)19-9(13(23)24)5(2-20)3-26-12(8)19;/h4,8,12,20H,2-3H2,1H3,(H2,15,16)(H,17,21)(H,23,24);/q;+1/p-1/b18-7+;/t8-,12-;/m1./s1. The van der Waals surface area contributed by atoms with E-state index in [0.717, 1.165) is 16.2 Å². The van der Waals surface area contributed by atoms with Crippen molar-refractivity contribution in [1.82, 2.24) is 15.2 Å². The summed E-state index contributed by atoms with van der Waals surface area (Å²) >= 11 is 2.33. The third kappa shape index (κ3) is 4.04. The van der Waals surface area contributed by atoms with E-state index >= 15 is 0 Å². The van der Waals surface area contributed by atoms with Gasteiger partial charge in [0.05, 0.1) is 18.3 Å². The summed E-state index contributed by atoms with van der Waals surface area (Å²) in [5.41, 5.74) is 5.42. The Hall–Kier alpha value is -1.64. The van der Waals surface area contributed by atoms with E-state index in [1.54, 1.807) is 0 Å². The molecular formula is C14H14N5NaO6S2. The van der Waals surface area contributed by atoms with Gasteiger partial charge in [-0.2, -0.15) is 0 Å². The maximum atomic E-state index is 12.5. The number of oxime groups is 1. The third-order valence-electron chi connectivity index (χ3n) is 3.88. The summed E-state index contributed by atoms with van der Waals surface area (Å²) in [5, 5.41) is 27.9. The number of β-lactam (4-membered cyclic amide) rings is 1. The number of hydrogen-bond donors (Lipinski definition) is 3. The second-order valence-corrected chi connectivity index (χ2v) is 7.45. The molecule has 1 fully saturated rings. The number of fused-ring (bicyclic) bond motifs is 1. The van der Waals surface area contributed by atoms with Gasteiger partial charge in [-0.3, -0.25) is 14.5 Å². The Balaban J connectivity index is 0.00000280. The Morgan fingerprint density at radius 3 is 2.82 bits per heavy atom. The van der Waals surface area contributed by atoms with E-state index in [1.807, 2.05) is 0 Å². The molecule has 2 aliphatic rings. The second-order valence-electron chi connectivity index (χ2n) is 5.45. The number of aliphatic hydroxyl groups excluding tert-OH is 1. The molecule has 11 nitrogen and oxygen atoms in total. The number of carboxylic acid groups (broad SMARTS) is 1. The summed E-state index contributed by atoms with van der Waals surface area (Å²) in [6.45, 7) is -0.500. The molecule has 1 saturated heterocycles. The van der Waals surface area contributed by atoms with Crippen LogP contribution in [0, 0.1) is 0 Å². The van der Waals surface area contributed by atoms with Gasteiger partial charge in [-0.05, 0) is 5.57 Å². The third-order valence-corrected chi connectivity index (χ3v) is 5.89. The number of thiazole rings is 1. The van der Waals surface area contributed by atoms with Crippen molar-refractivity contribution in [1.29, 1.82) is 0 Å². The van der Waals surface area contributed by atoms with Gasteiger partial charge in [0.1, 0.15) is 24.2 Å². The summed E-state index contributed by atoms with van der Waals surface area (Å²) in [4.78, 5) is 45.9. The number of nitrogens with zero attached hydrogens (tertiary/aromatic N) is 3.